The van der Waals surface area contributed by atoms with Crippen LogP contribution in [0.1, 0.15) is 11.5 Å². The number of halogens is 1. The molecular weight excluding hydrogens is 192 g/mol. The molecular formula is C9H7ClO3. The quantitative estimate of drug-likeness (QED) is 0.750. The summed E-state index contributed by atoms with van der Waals surface area (Å²) in [5.74, 6) is -0.935. The van der Waals surface area contributed by atoms with Gasteiger partial charge in [0, 0.05) is 10.6 Å². The second kappa shape index (κ2) is 2.92. The van der Waals surface area contributed by atoms with Crippen LogP contribution in [0.5, 0.6) is 5.75 Å². The summed E-state index contributed by atoms with van der Waals surface area (Å²) in [4.78, 5) is 10.8. The van der Waals surface area contributed by atoms with Gasteiger partial charge in [0.25, 0.3) is 0 Å². The van der Waals surface area contributed by atoms with E-state index in [9.17, 15) is 4.79 Å². The number of carbonyl (C=O) groups is 1. The molecule has 0 bridgehead atoms. The topological polar surface area (TPSA) is 46.5 Å². The van der Waals surface area contributed by atoms with E-state index in [1.165, 1.54) is 0 Å². The van der Waals surface area contributed by atoms with Crippen LogP contribution in [0.15, 0.2) is 18.2 Å². The number of hydrogen-bond donors (Lipinski definition) is 1. The maximum Gasteiger partial charge on any atom is 0.314 e. The predicted molar refractivity (Wildman–Crippen MR) is 47.3 cm³/mol. The molecule has 0 amide bonds. The average molecular weight is 199 g/mol. The van der Waals surface area contributed by atoms with Gasteiger partial charge < -0.3 is 9.84 Å². The van der Waals surface area contributed by atoms with Crippen molar-refractivity contribution >= 4 is 17.6 Å². The molecule has 1 atom stereocenters. The fraction of sp³-hybridized carbons (Fsp3) is 0.222. The van der Waals surface area contributed by atoms with Gasteiger partial charge in [0.05, 0.1) is 0 Å². The first-order valence-electron chi connectivity index (χ1n) is 3.84. The Labute approximate surface area is 79.9 Å². The van der Waals surface area contributed by atoms with Crippen molar-refractivity contribution in [2.75, 3.05) is 6.61 Å². The normalized spacial score (nSPS) is 19.3. The van der Waals surface area contributed by atoms with Crippen molar-refractivity contribution in [1.82, 2.24) is 0 Å². The van der Waals surface area contributed by atoms with Crippen LogP contribution in [-0.4, -0.2) is 17.7 Å². The van der Waals surface area contributed by atoms with Gasteiger partial charge in [-0.3, -0.25) is 4.79 Å². The van der Waals surface area contributed by atoms with Crippen LogP contribution in [-0.2, 0) is 4.79 Å². The minimum absolute atomic E-state index is 0.175. The molecule has 1 aromatic rings. The second-order valence-corrected chi connectivity index (χ2v) is 3.26. The number of carboxylic acid groups (broad SMARTS) is 1. The van der Waals surface area contributed by atoms with Crippen molar-refractivity contribution < 1.29 is 14.6 Å². The number of benzene rings is 1. The summed E-state index contributed by atoms with van der Waals surface area (Å²) >= 11 is 5.87. The fourth-order valence-corrected chi connectivity index (χ4v) is 1.73. The molecule has 0 fully saturated rings. The molecule has 0 aromatic heterocycles. The summed E-state index contributed by atoms with van der Waals surface area (Å²) in [5, 5.41) is 9.31. The number of rotatable bonds is 1. The molecule has 4 heteroatoms. The number of hydrogen-bond acceptors (Lipinski definition) is 2. The number of carboxylic acids is 1. The lowest BCUT2D eigenvalue weighted by Gasteiger charge is -2.03. The molecule has 0 saturated carbocycles. The van der Waals surface area contributed by atoms with Crippen LogP contribution < -0.4 is 4.74 Å². The number of ether oxygens (including phenoxy) is 1. The molecule has 1 aliphatic rings. The minimum atomic E-state index is -0.896. The zero-order valence-corrected chi connectivity index (χ0v) is 7.41. The molecule has 0 radical (unpaired) electrons. The molecule has 1 aromatic carbocycles. The van der Waals surface area contributed by atoms with Crippen LogP contribution in [0, 0.1) is 0 Å². The molecule has 68 valence electrons. The van der Waals surface area contributed by atoms with E-state index < -0.39 is 11.9 Å². The Kier molecular flexibility index (Phi) is 1.88. The standard InChI is InChI=1S/C9H7ClO3/c10-6-2-1-3-7-8(6)5(4-13-7)9(11)12/h1-3,5H,4H2,(H,11,12). The molecule has 1 N–H and O–H groups in total. The van der Waals surface area contributed by atoms with E-state index in [-0.39, 0.29) is 6.61 Å². The fourth-order valence-electron chi connectivity index (χ4n) is 1.43. The smallest absolute Gasteiger partial charge is 0.314 e. The maximum atomic E-state index is 10.8. The first kappa shape index (κ1) is 8.38. The first-order chi connectivity index (χ1) is 6.20. The van der Waals surface area contributed by atoms with Gasteiger partial charge in [-0.2, -0.15) is 0 Å². The highest BCUT2D eigenvalue weighted by molar-refractivity contribution is 6.32. The lowest BCUT2D eigenvalue weighted by Crippen LogP contribution is -2.12. The lowest BCUT2D eigenvalue weighted by molar-refractivity contribution is -0.138. The Morgan fingerprint density at radius 2 is 2.38 bits per heavy atom. The molecule has 0 saturated heterocycles. The van der Waals surface area contributed by atoms with E-state index in [2.05, 4.69) is 0 Å². The molecule has 0 aliphatic carbocycles. The van der Waals surface area contributed by atoms with Crippen molar-refractivity contribution in [3.05, 3.63) is 28.8 Å². The summed E-state index contributed by atoms with van der Waals surface area (Å²) in [6.07, 6.45) is 0. The van der Waals surface area contributed by atoms with E-state index >= 15 is 0 Å². The summed E-state index contributed by atoms with van der Waals surface area (Å²) in [7, 11) is 0. The lowest BCUT2D eigenvalue weighted by atomic mass is 10.0. The molecule has 1 heterocycles. The van der Waals surface area contributed by atoms with Crippen molar-refractivity contribution in [2.45, 2.75) is 5.92 Å². The SMILES string of the molecule is O=C(O)C1COc2cccc(Cl)c21. The van der Waals surface area contributed by atoms with Gasteiger partial charge >= 0.3 is 5.97 Å². The first-order valence-corrected chi connectivity index (χ1v) is 4.22. The van der Waals surface area contributed by atoms with Crippen LogP contribution in [0.25, 0.3) is 0 Å². The van der Waals surface area contributed by atoms with Gasteiger partial charge in [0.1, 0.15) is 18.3 Å². The van der Waals surface area contributed by atoms with E-state index in [1.54, 1.807) is 18.2 Å². The molecule has 0 spiro atoms. The Morgan fingerprint density at radius 3 is 3.08 bits per heavy atom. The molecule has 3 nitrogen and oxygen atoms in total. The molecule has 13 heavy (non-hydrogen) atoms. The molecule has 1 unspecified atom stereocenters. The summed E-state index contributed by atoms with van der Waals surface area (Å²) in [5.41, 5.74) is 0.594. The zero-order chi connectivity index (χ0) is 9.42. The third-order valence-corrected chi connectivity index (χ3v) is 2.39. The van der Waals surface area contributed by atoms with E-state index in [0.29, 0.717) is 16.3 Å². The van der Waals surface area contributed by atoms with Gasteiger partial charge in [-0.05, 0) is 12.1 Å². The Hall–Kier alpha value is -1.22. The number of aliphatic carboxylic acids is 1. The van der Waals surface area contributed by atoms with Gasteiger partial charge in [-0.25, -0.2) is 0 Å². The Morgan fingerprint density at radius 1 is 1.62 bits per heavy atom. The van der Waals surface area contributed by atoms with Crippen LogP contribution in [0.2, 0.25) is 5.02 Å². The van der Waals surface area contributed by atoms with Crippen molar-refractivity contribution in [3.8, 4) is 5.75 Å². The van der Waals surface area contributed by atoms with E-state index in [0.717, 1.165) is 0 Å². The summed E-state index contributed by atoms with van der Waals surface area (Å²) < 4.78 is 5.19. The summed E-state index contributed by atoms with van der Waals surface area (Å²) in [6.45, 7) is 0.175. The van der Waals surface area contributed by atoms with Crippen LogP contribution >= 0.6 is 11.6 Å². The molecule has 1 aliphatic heterocycles. The highest BCUT2D eigenvalue weighted by atomic mass is 35.5. The van der Waals surface area contributed by atoms with Gasteiger partial charge in [0.2, 0.25) is 0 Å². The Bertz CT molecular complexity index is 362. The van der Waals surface area contributed by atoms with Gasteiger partial charge in [-0.15, -0.1) is 0 Å². The Balaban J connectivity index is 2.52. The monoisotopic (exact) mass is 198 g/mol. The van der Waals surface area contributed by atoms with E-state index in [4.69, 9.17) is 21.4 Å². The predicted octanol–water partition coefficient (Wildman–Crippen LogP) is 1.90. The zero-order valence-electron chi connectivity index (χ0n) is 6.66. The van der Waals surface area contributed by atoms with Crippen molar-refractivity contribution in [3.63, 3.8) is 0 Å². The van der Waals surface area contributed by atoms with Gasteiger partial charge in [-0.1, -0.05) is 17.7 Å². The average Bonchev–Trinajstić information content (AvgIpc) is 2.49. The van der Waals surface area contributed by atoms with Crippen molar-refractivity contribution in [2.24, 2.45) is 0 Å². The summed E-state index contributed by atoms with van der Waals surface area (Å²) in [6, 6.07) is 5.14. The molecule has 2 rings (SSSR count). The minimum Gasteiger partial charge on any atom is -0.492 e. The van der Waals surface area contributed by atoms with Crippen LogP contribution in [0.3, 0.4) is 0 Å². The van der Waals surface area contributed by atoms with Gasteiger partial charge in [0.15, 0.2) is 0 Å². The third kappa shape index (κ3) is 1.25. The van der Waals surface area contributed by atoms with Crippen molar-refractivity contribution in [1.29, 1.82) is 0 Å². The van der Waals surface area contributed by atoms with Crippen LogP contribution in [0.4, 0.5) is 0 Å². The largest absolute Gasteiger partial charge is 0.492 e. The third-order valence-electron chi connectivity index (χ3n) is 2.06. The number of fused-ring (bicyclic) bond motifs is 1. The van der Waals surface area contributed by atoms with E-state index in [1.807, 2.05) is 0 Å². The highest BCUT2D eigenvalue weighted by Crippen LogP contribution is 2.38. The highest BCUT2D eigenvalue weighted by Gasteiger charge is 2.31. The second-order valence-electron chi connectivity index (χ2n) is 2.85. The maximum absolute atomic E-state index is 10.8.